The van der Waals surface area contributed by atoms with Gasteiger partial charge in [0.1, 0.15) is 0 Å². The molecular formula is C20H27N5O4S. The summed E-state index contributed by atoms with van der Waals surface area (Å²) in [7, 11) is -4.12. The van der Waals surface area contributed by atoms with Crippen molar-refractivity contribution in [1.82, 2.24) is 19.2 Å². The van der Waals surface area contributed by atoms with Crippen molar-refractivity contribution >= 4 is 21.9 Å². The molecule has 2 N–H and O–H groups in total. The number of allylic oxidation sites excluding steroid dienone is 4. The number of ether oxygens (including phenoxy) is 1. The van der Waals surface area contributed by atoms with Gasteiger partial charge in [-0.1, -0.05) is 12.5 Å². The van der Waals surface area contributed by atoms with Crippen molar-refractivity contribution in [2.75, 3.05) is 31.2 Å². The number of nitrogens with one attached hydrogen (secondary N) is 2. The molecule has 1 aromatic rings. The molecule has 0 bridgehead atoms. The van der Waals surface area contributed by atoms with Crippen LogP contribution in [0.1, 0.15) is 38.5 Å². The van der Waals surface area contributed by atoms with Crippen LogP contribution in [-0.4, -0.2) is 49.9 Å². The number of aromatic nitrogens is 2. The number of anilines is 1. The highest BCUT2D eigenvalue weighted by Gasteiger charge is 2.37. The summed E-state index contributed by atoms with van der Waals surface area (Å²) in [5.74, 6) is 0.740. The van der Waals surface area contributed by atoms with Crippen molar-refractivity contribution in [3.8, 4) is 0 Å². The number of carbonyl (C=O) groups excluding carboxylic acids is 1. The van der Waals surface area contributed by atoms with Gasteiger partial charge in [0.05, 0.1) is 31.3 Å². The molecule has 9 nitrogen and oxygen atoms in total. The lowest BCUT2D eigenvalue weighted by Crippen LogP contribution is -2.43. The van der Waals surface area contributed by atoms with Crippen molar-refractivity contribution in [2.45, 2.75) is 38.5 Å². The van der Waals surface area contributed by atoms with Gasteiger partial charge in [0.15, 0.2) is 0 Å². The number of nitrogens with zero attached hydrogens (tertiary/aromatic N) is 3. The first-order chi connectivity index (χ1) is 14.5. The van der Waals surface area contributed by atoms with Gasteiger partial charge in [-0.15, -0.1) is 4.09 Å². The van der Waals surface area contributed by atoms with Gasteiger partial charge in [-0.2, -0.15) is 13.5 Å². The van der Waals surface area contributed by atoms with E-state index >= 15 is 0 Å². The Kier molecular flexibility index (Phi) is 5.06. The van der Waals surface area contributed by atoms with Crippen molar-refractivity contribution in [1.29, 1.82) is 0 Å². The van der Waals surface area contributed by atoms with E-state index in [2.05, 4.69) is 21.2 Å². The van der Waals surface area contributed by atoms with Crippen LogP contribution in [0.3, 0.4) is 0 Å². The second kappa shape index (κ2) is 7.73. The average Bonchev–Trinajstić information content (AvgIpc) is 3.48. The van der Waals surface area contributed by atoms with Gasteiger partial charge in [0.2, 0.25) is 0 Å². The normalized spacial score (nSPS) is 26.3. The van der Waals surface area contributed by atoms with Crippen LogP contribution < -0.4 is 14.9 Å². The summed E-state index contributed by atoms with van der Waals surface area (Å²) in [6.45, 7) is 2.53. The Balaban J connectivity index is 1.30. The van der Waals surface area contributed by atoms with Crippen molar-refractivity contribution in [2.24, 2.45) is 11.8 Å². The molecule has 3 fully saturated rings. The predicted octanol–water partition coefficient (Wildman–Crippen LogP) is 1.91. The van der Waals surface area contributed by atoms with Crippen molar-refractivity contribution in [3.05, 3.63) is 35.3 Å². The molecule has 2 saturated carbocycles. The fourth-order valence-electron chi connectivity index (χ4n) is 5.18. The van der Waals surface area contributed by atoms with Gasteiger partial charge in [-0.3, -0.25) is 0 Å². The number of hydrogen-bond donors (Lipinski definition) is 2. The smallest absolute Gasteiger partial charge is 0.346 e. The highest BCUT2D eigenvalue weighted by Crippen LogP contribution is 2.47. The maximum atomic E-state index is 12.7. The van der Waals surface area contributed by atoms with E-state index < -0.39 is 16.2 Å². The third kappa shape index (κ3) is 3.62. The molecule has 2 amide bonds. The molecule has 30 heavy (non-hydrogen) atoms. The first kappa shape index (κ1) is 19.6. The lowest BCUT2D eigenvalue weighted by molar-refractivity contribution is 0.122. The Morgan fingerprint density at radius 2 is 2.00 bits per heavy atom. The third-order valence-corrected chi connectivity index (χ3v) is 7.72. The van der Waals surface area contributed by atoms with E-state index in [-0.39, 0.29) is 5.92 Å². The molecular weight excluding hydrogens is 406 g/mol. The predicted molar refractivity (Wildman–Crippen MR) is 111 cm³/mol. The Morgan fingerprint density at radius 3 is 2.83 bits per heavy atom. The Morgan fingerprint density at radius 1 is 1.17 bits per heavy atom. The number of rotatable bonds is 4. The van der Waals surface area contributed by atoms with Crippen LogP contribution in [0.4, 0.5) is 10.5 Å². The minimum Gasteiger partial charge on any atom is -0.378 e. The van der Waals surface area contributed by atoms with Crippen LogP contribution in [0.5, 0.6) is 0 Å². The van der Waals surface area contributed by atoms with Crippen molar-refractivity contribution in [3.63, 3.8) is 0 Å². The van der Waals surface area contributed by atoms with E-state index in [1.165, 1.54) is 23.5 Å². The fraction of sp³-hybridized carbons (Fsp3) is 0.600. The van der Waals surface area contributed by atoms with Gasteiger partial charge in [0, 0.05) is 24.7 Å². The number of carbonyl (C=O) groups is 1. The van der Waals surface area contributed by atoms with Gasteiger partial charge in [-0.25, -0.2) is 9.52 Å². The monoisotopic (exact) mass is 433 g/mol. The van der Waals surface area contributed by atoms with E-state index in [1.807, 2.05) is 4.90 Å². The summed E-state index contributed by atoms with van der Waals surface area (Å²) >= 11 is 0. The molecule has 0 spiro atoms. The summed E-state index contributed by atoms with van der Waals surface area (Å²) in [6.07, 6.45) is 11.7. The van der Waals surface area contributed by atoms with Gasteiger partial charge < -0.3 is 15.0 Å². The second-order valence-corrected chi connectivity index (χ2v) is 9.90. The molecule has 3 aliphatic carbocycles. The highest BCUT2D eigenvalue weighted by atomic mass is 32.2. The second-order valence-electron chi connectivity index (χ2n) is 8.37. The lowest BCUT2D eigenvalue weighted by Gasteiger charge is -2.28. The van der Waals surface area contributed by atoms with E-state index in [0.717, 1.165) is 48.3 Å². The molecule has 0 aromatic carbocycles. The molecule has 1 aromatic heterocycles. The number of fused-ring (bicyclic) bond motifs is 2. The first-order valence-corrected chi connectivity index (χ1v) is 12.1. The molecule has 10 heteroatoms. The van der Waals surface area contributed by atoms with Crippen LogP contribution in [-0.2, 0) is 14.9 Å². The number of amides is 2. The number of hydrogen-bond acceptors (Lipinski definition) is 6. The molecule has 162 valence electrons. The van der Waals surface area contributed by atoms with E-state index in [4.69, 9.17) is 4.74 Å². The summed E-state index contributed by atoms with van der Waals surface area (Å²) < 4.78 is 33.6. The van der Waals surface area contributed by atoms with Crippen LogP contribution in [0, 0.1) is 11.8 Å². The molecule has 5 rings (SSSR count). The fourth-order valence-corrected chi connectivity index (χ4v) is 5.98. The summed E-state index contributed by atoms with van der Waals surface area (Å²) in [6, 6.07) is -0.722. The van der Waals surface area contributed by atoms with Gasteiger partial charge in [-0.05, 0) is 49.2 Å². The minimum absolute atomic E-state index is 0.285. The minimum atomic E-state index is -4.12. The average molecular weight is 434 g/mol. The maximum absolute atomic E-state index is 12.7. The summed E-state index contributed by atoms with van der Waals surface area (Å²) in [5.41, 5.74) is 4.16. The molecule has 2 heterocycles. The summed E-state index contributed by atoms with van der Waals surface area (Å²) in [5, 5.41) is 6.85. The zero-order valence-corrected chi connectivity index (χ0v) is 17.7. The van der Waals surface area contributed by atoms with E-state index in [9.17, 15) is 13.2 Å². The molecule has 1 saturated heterocycles. The SMILES string of the molecule is O=C(NC1=C2CCCC2=CC2CCCC12)NS(=O)(=O)n1cc(N2CCOCC2)cn1. The number of morpholine rings is 1. The van der Waals surface area contributed by atoms with Crippen LogP contribution in [0.2, 0.25) is 0 Å². The van der Waals surface area contributed by atoms with E-state index in [0.29, 0.717) is 37.9 Å². The Hall–Kier alpha value is -2.33. The van der Waals surface area contributed by atoms with Crippen LogP contribution in [0.25, 0.3) is 0 Å². The Labute approximate surface area is 176 Å². The number of urea groups is 1. The summed E-state index contributed by atoms with van der Waals surface area (Å²) in [4.78, 5) is 14.7. The molecule has 4 aliphatic rings. The molecule has 2 atom stereocenters. The zero-order valence-electron chi connectivity index (χ0n) is 16.8. The Bertz CT molecular complexity index is 1010. The zero-order chi connectivity index (χ0) is 20.7. The van der Waals surface area contributed by atoms with Crippen molar-refractivity contribution < 1.29 is 17.9 Å². The van der Waals surface area contributed by atoms with Gasteiger partial charge >= 0.3 is 16.2 Å². The molecule has 0 radical (unpaired) electrons. The topological polar surface area (TPSA) is 106 Å². The quantitative estimate of drug-likeness (QED) is 0.751. The van der Waals surface area contributed by atoms with E-state index in [1.54, 1.807) is 0 Å². The van der Waals surface area contributed by atoms with Crippen LogP contribution >= 0.6 is 0 Å². The highest BCUT2D eigenvalue weighted by molar-refractivity contribution is 7.88. The lowest BCUT2D eigenvalue weighted by atomic mass is 9.82. The largest absolute Gasteiger partial charge is 0.378 e. The van der Waals surface area contributed by atoms with Crippen LogP contribution in [0.15, 0.2) is 35.3 Å². The first-order valence-electron chi connectivity index (χ1n) is 10.7. The molecule has 2 unspecified atom stereocenters. The standard InChI is InChI=1S/C20H27N5O4S/c26-20(22-19-17-5-1-3-14(17)11-15-4-2-6-18(15)19)23-30(27,28)25-13-16(12-21-25)24-7-9-29-10-8-24/h11-14,17H,1-10H2,(H2,22,23,26). The van der Waals surface area contributed by atoms with Gasteiger partial charge in [0.25, 0.3) is 0 Å². The third-order valence-electron chi connectivity index (χ3n) is 6.58. The molecule has 1 aliphatic heterocycles. The maximum Gasteiger partial charge on any atom is 0.346 e.